The highest BCUT2D eigenvalue weighted by Crippen LogP contribution is 2.45. The van der Waals surface area contributed by atoms with Gasteiger partial charge in [0.2, 0.25) is 0 Å². The van der Waals surface area contributed by atoms with Crippen LogP contribution in [0.5, 0.6) is 0 Å². The van der Waals surface area contributed by atoms with Crippen molar-refractivity contribution in [2.45, 2.75) is 36.1 Å². The third-order valence-corrected chi connectivity index (χ3v) is 15.6. The fourth-order valence-electron chi connectivity index (χ4n) is 10.6. The van der Waals surface area contributed by atoms with Crippen LogP contribution in [0.1, 0.15) is 66.8 Å². The molecule has 0 bridgehead atoms. The molecule has 9 nitrogen and oxygen atoms in total. The van der Waals surface area contributed by atoms with Crippen LogP contribution in [0.25, 0.3) is 0 Å². The Morgan fingerprint density at radius 2 is 0.443 bits per heavy atom. The molecule has 0 N–H and O–H groups in total. The molecule has 9 rings (SSSR count). The van der Waals surface area contributed by atoms with Gasteiger partial charge in [-0.25, -0.2) is 0 Å². The molecule has 97 heavy (non-hydrogen) atoms. The van der Waals surface area contributed by atoms with Gasteiger partial charge in [-0.05, 0) is 181 Å². The molecule has 0 amide bonds. The standard InChI is InChI=1S/C85H52O9S3/c1-4-7-10-13-16-37-64-95-92-89-86-83(74-40-25-19-26-41-74,75-42-27-20-28-43-75)80-58-52-70(53-59-80)67-73(68-71-54-60-81(61-55-71)84(76-44-29-21-30-45-76,77-46-31-22-32-47-77)87-90-93-96-65-38-17-14-11-8-5-2)69-72-56-62-82(63-57-72)85(78-48-33-23-34-49-78,79-50-35-24-36-51-79)88-91-94-97-66-39-18-15-12-9-6-3/h1-3,19-36,40-63,73H,67-69H2. The zero-order valence-electron chi connectivity index (χ0n) is 51.6. The molecule has 0 spiro atoms. The van der Waals surface area contributed by atoms with E-state index in [-0.39, 0.29) is 5.92 Å². The van der Waals surface area contributed by atoms with Crippen LogP contribution in [0, 0.1) is 148 Å². The molecule has 0 fully saturated rings. The van der Waals surface area contributed by atoms with Crippen LogP contribution in [0.2, 0.25) is 0 Å². The molecule has 0 saturated carbocycles. The second-order valence-electron chi connectivity index (χ2n) is 20.3. The van der Waals surface area contributed by atoms with E-state index in [0.717, 1.165) is 66.8 Å². The minimum Gasteiger partial charge on any atom is -0.184 e. The summed E-state index contributed by atoms with van der Waals surface area (Å²) in [5.41, 5.74) is 6.32. The van der Waals surface area contributed by atoms with Crippen LogP contribution < -0.4 is 0 Å². The van der Waals surface area contributed by atoms with Crippen molar-refractivity contribution >= 4 is 36.1 Å². The summed E-state index contributed by atoms with van der Waals surface area (Å²) in [6.45, 7) is 0. The fraction of sp³-hybridized carbons (Fsp3) is 0.0824. The first kappa shape index (κ1) is 69.7. The zero-order chi connectivity index (χ0) is 67.2. The highest BCUT2D eigenvalue weighted by atomic mass is 32.2. The first-order valence-corrected chi connectivity index (χ1v) is 31.8. The van der Waals surface area contributed by atoms with Gasteiger partial charge in [0.1, 0.15) is 36.1 Å². The van der Waals surface area contributed by atoms with E-state index in [1.807, 2.05) is 182 Å². The normalized spacial score (nSPS) is 10.2. The van der Waals surface area contributed by atoms with Gasteiger partial charge < -0.3 is 0 Å². The van der Waals surface area contributed by atoms with E-state index in [9.17, 15) is 0 Å². The first-order valence-electron chi connectivity index (χ1n) is 29.6. The van der Waals surface area contributed by atoms with Crippen molar-refractivity contribution in [1.82, 2.24) is 0 Å². The molecule has 9 aromatic rings. The van der Waals surface area contributed by atoms with E-state index in [2.05, 4.69) is 195 Å². The maximum Gasteiger partial charge on any atom is 0.182 e. The van der Waals surface area contributed by atoms with Crippen LogP contribution in [0.4, 0.5) is 0 Å². The van der Waals surface area contributed by atoms with E-state index in [0.29, 0.717) is 55.4 Å². The van der Waals surface area contributed by atoms with Gasteiger partial charge in [0.05, 0.1) is 0 Å². The summed E-state index contributed by atoms with van der Waals surface area (Å²) in [4.78, 5) is 19.3. The SMILES string of the molecule is C#CC#CC#CC#CSOOOC(c1ccccc1)(c1ccccc1)c1ccc(CC(Cc2ccc(C(OOOSC#CC#CC#CC#C)(c3ccccc3)c3ccccc3)cc2)Cc2ccc(C(OOOSC#CC#CC#CC#C)(c3ccccc3)c3ccccc3)cc2)cc1. The Morgan fingerprint density at radius 1 is 0.247 bits per heavy atom. The lowest BCUT2D eigenvalue weighted by atomic mass is 9.78. The second kappa shape index (κ2) is 38.5. The summed E-state index contributed by atoms with van der Waals surface area (Å²) < 4.78 is 16.3. The van der Waals surface area contributed by atoms with Crippen molar-refractivity contribution in [3.63, 3.8) is 0 Å². The quantitative estimate of drug-likeness (QED) is 0.0123. The molecule has 0 aromatic heterocycles. The number of terminal acetylenes is 3. The van der Waals surface area contributed by atoms with Crippen molar-refractivity contribution in [2.24, 2.45) is 5.92 Å². The van der Waals surface area contributed by atoms with Gasteiger partial charge in [-0.1, -0.05) is 270 Å². The van der Waals surface area contributed by atoms with Crippen molar-refractivity contribution in [1.29, 1.82) is 0 Å². The molecular weight excluding hydrogens is 1260 g/mol. The smallest absolute Gasteiger partial charge is 0.182 e. The molecule has 0 saturated heterocycles. The van der Waals surface area contributed by atoms with Gasteiger partial charge in [0.25, 0.3) is 0 Å². The predicted octanol–water partition coefficient (Wildman–Crippen LogP) is 15.6. The fourth-order valence-corrected chi connectivity index (χ4v) is 11.2. The van der Waals surface area contributed by atoms with E-state index in [4.69, 9.17) is 62.0 Å². The van der Waals surface area contributed by atoms with Crippen molar-refractivity contribution in [3.8, 4) is 142 Å². The van der Waals surface area contributed by atoms with Gasteiger partial charge in [0.15, 0.2) is 16.8 Å². The second-order valence-corrected chi connectivity index (χ2v) is 21.9. The van der Waals surface area contributed by atoms with Gasteiger partial charge in [0, 0.05) is 33.5 Å². The minimum atomic E-state index is -1.31. The Morgan fingerprint density at radius 3 is 0.660 bits per heavy atom. The maximum absolute atomic E-state index is 6.44. The molecule has 464 valence electrons. The summed E-state index contributed by atoms with van der Waals surface area (Å²) in [6.07, 6.45) is 17.5. The minimum absolute atomic E-state index is 0.0251. The Labute approximate surface area is 580 Å². The summed E-state index contributed by atoms with van der Waals surface area (Å²) in [5, 5.41) is 24.8. The molecular formula is C85H52O9S3. The van der Waals surface area contributed by atoms with E-state index >= 15 is 0 Å². The number of rotatable bonds is 27. The average molecular weight is 1310 g/mol. The van der Waals surface area contributed by atoms with Crippen molar-refractivity contribution < 1.29 is 42.8 Å². The third kappa shape index (κ3) is 19.5. The topological polar surface area (TPSA) is 83.1 Å². The molecule has 0 radical (unpaired) electrons. The maximum atomic E-state index is 6.44. The van der Waals surface area contributed by atoms with Crippen LogP contribution in [0.15, 0.2) is 255 Å². The highest BCUT2D eigenvalue weighted by molar-refractivity contribution is 7.99. The largest absolute Gasteiger partial charge is 0.184 e. The van der Waals surface area contributed by atoms with Gasteiger partial charge >= 0.3 is 0 Å². The molecule has 0 atom stereocenters. The van der Waals surface area contributed by atoms with E-state index < -0.39 is 16.8 Å². The molecule has 0 heterocycles. The number of benzene rings is 9. The Balaban J connectivity index is 1.07. The third-order valence-electron chi connectivity index (χ3n) is 14.6. The van der Waals surface area contributed by atoms with E-state index in [1.165, 1.54) is 0 Å². The van der Waals surface area contributed by atoms with Crippen LogP contribution in [0.3, 0.4) is 0 Å². The van der Waals surface area contributed by atoms with Gasteiger partial charge in [-0.15, -0.1) is 32.3 Å². The van der Waals surface area contributed by atoms with Crippen molar-refractivity contribution in [3.05, 3.63) is 322 Å². The van der Waals surface area contributed by atoms with Crippen LogP contribution >= 0.6 is 36.1 Å². The lowest BCUT2D eigenvalue weighted by Gasteiger charge is -2.33. The van der Waals surface area contributed by atoms with Gasteiger partial charge in [-0.3, -0.25) is 0 Å². The van der Waals surface area contributed by atoms with Gasteiger partial charge in [-0.2, -0.15) is 14.7 Å². The molecule has 0 aliphatic rings. The first-order chi connectivity index (χ1) is 48.0. The summed E-state index contributed by atoms with van der Waals surface area (Å²) in [6, 6.07) is 83.9. The molecule has 12 heteroatoms. The number of hydrogen-bond donors (Lipinski definition) is 0. The Kier molecular flexibility index (Phi) is 27.7. The Bertz CT molecular complexity index is 4200. The molecule has 0 aliphatic carbocycles. The number of hydrogen-bond acceptors (Lipinski definition) is 12. The monoisotopic (exact) mass is 1310 g/mol. The zero-order valence-corrected chi connectivity index (χ0v) is 54.0. The summed E-state index contributed by atoms with van der Waals surface area (Å²) in [7, 11) is 0. The summed E-state index contributed by atoms with van der Waals surface area (Å²) >= 11 is 2.12. The highest BCUT2D eigenvalue weighted by Gasteiger charge is 2.43. The van der Waals surface area contributed by atoms with Crippen LogP contribution in [-0.4, -0.2) is 0 Å². The van der Waals surface area contributed by atoms with E-state index in [1.54, 1.807) is 0 Å². The average Bonchev–Trinajstić information content (AvgIpc) is 0.777. The molecule has 0 aliphatic heterocycles. The molecule has 0 unspecified atom stereocenters. The predicted molar refractivity (Wildman–Crippen MR) is 381 cm³/mol. The Hall–Kier alpha value is -11.6. The lowest BCUT2D eigenvalue weighted by molar-refractivity contribution is -0.490. The lowest BCUT2D eigenvalue weighted by Crippen LogP contribution is -2.33. The van der Waals surface area contributed by atoms with Crippen LogP contribution in [-0.2, 0) is 78.8 Å². The van der Waals surface area contributed by atoms with Crippen molar-refractivity contribution in [2.75, 3.05) is 0 Å². The summed E-state index contributed by atoms with van der Waals surface area (Å²) in [5.74, 6) is 44.8. The molecule has 9 aromatic carbocycles.